The summed E-state index contributed by atoms with van der Waals surface area (Å²) in [7, 11) is 0. The van der Waals surface area contributed by atoms with Crippen LogP contribution in [0.3, 0.4) is 0 Å². The summed E-state index contributed by atoms with van der Waals surface area (Å²) < 4.78 is 0. The van der Waals surface area contributed by atoms with Gasteiger partial charge in [-0.15, -0.1) is 0 Å². The third-order valence-corrected chi connectivity index (χ3v) is 7.07. The number of carbonyl (C=O) groups is 3. The number of hydrogen-bond donors (Lipinski definition) is 1. The van der Waals surface area contributed by atoms with Crippen molar-refractivity contribution in [3.05, 3.63) is 40.4 Å². The predicted molar refractivity (Wildman–Crippen MR) is 101 cm³/mol. The van der Waals surface area contributed by atoms with Crippen LogP contribution in [-0.4, -0.2) is 29.2 Å². The van der Waals surface area contributed by atoms with E-state index in [1.807, 2.05) is 0 Å². The zero-order chi connectivity index (χ0) is 18.9. The molecule has 5 nitrogen and oxygen atoms in total. The molecule has 0 spiro atoms. The topological polar surface area (TPSA) is 66.5 Å². The van der Waals surface area contributed by atoms with Crippen LogP contribution in [0.2, 0.25) is 10.0 Å². The second-order valence-electron chi connectivity index (χ2n) is 7.91. The van der Waals surface area contributed by atoms with Crippen molar-refractivity contribution in [3.63, 3.8) is 0 Å². The lowest BCUT2D eigenvalue weighted by molar-refractivity contribution is -0.140. The van der Waals surface area contributed by atoms with Crippen molar-refractivity contribution in [3.8, 4) is 0 Å². The highest BCUT2D eigenvalue weighted by molar-refractivity contribution is 6.36. The van der Waals surface area contributed by atoms with Gasteiger partial charge < -0.3 is 5.32 Å². The van der Waals surface area contributed by atoms with Gasteiger partial charge in [0.2, 0.25) is 17.7 Å². The summed E-state index contributed by atoms with van der Waals surface area (Å²) in [4.78, 5) is 39.3. The van der Waals surface area contributed by atoms with Gasteiger partial charge in [-0.3, -0.25) is 19.3 Å². The van der Waals surface area contributed by atoms with Gasteiger partial charge in [0.25, 0.3) is 0 Å². The normalized spacial score (nSPS) is 35.3. The van der Waals surface area contributed by atoms with E-state index in [1.54, 1.807) is 18.2 Å². The predicted octanol–water partition coefficient (Wildman–Crippen LogP) is 3.38. The first kappa shape index (κ1) is 17.3. The van der Waals surface area contributed by atoms with Gasteiger partial charge in [-0.05, 0) is 48.3 Å². The molecule has 3 amide bonds. The molecule has 140 valence electrons. The van der Waals surface area contributed by atoms with Gasteiger partial charge in [-0.1, -0.05) is 35.4 Å². The Labute approximate surface area is 166 Å². The van der Waals surface area contributed by atoms with Crippen LogP contribution in [-0.2, 0) is 14.4 Å². The van der Waals surface area contributed by atoms with Crippen LogP contribution in [0.5, 0.6) is 0 Å². The number of nitrogens with one attached hydrogen (secondary N) is 1. The van der Waals surface area contributed by atoms with Gasteiger partial charge in [0, 0.05) is 18.0 Å². The summed E-state index contributed by atoms with van der Waals surface area (Å²) in [5.74, 6) is 0.621. The number of likely N-dealkylation sites (tertiary alicyclic amines) is 1. The molecule has 1 aliphatic heterocycles. The van der Waals surface area contributed by atoms with Gasteiger partial charge in [0.15, 0.2) is 0 Å². The monoisotopic (exact) mass is 404 g/mol. The summed E-state index contributed by atoms with van der Waals surface area (Å²) in [6.45, 7) is 0.108. The minimum Gasteiger partial charge on any atom is -0.325 e. The standard InChI is InChI=1S/C20H18Cl2N2O3/c21-9-1-4-15(14(22)7-9)23-16(25)5-6-24-19(26)17-10-2-3-11(13-8-12(10)13)18(17)20(24)27/h1-4,7,10-13,17-18H,5-6,8H2,(H,23,25)/t10-,11-,12-,13-,17-,18+/m1/s1. The zero-order valence-corrected chi connectivity index (χ0v) is 15.9. The first-order chi connectivity index (χ1) is 13.0. The Kier molecular flexibility index (Phi) is 3.89. The van der Waals surface area contributed by atoms with Crippen molar-refractivity contribution in [1.82, 2.24) is 4.90 Å². The lowest BCUT2D eigenvalue weighted by Gasteiger charge is -2.37. The molecule has 3 fully saturated rings. The van der Waals surface area contributed by atoms with E-state index in [1.165, 1.54) is 4.90 Å². The van der Waals surface area contributed by atoms with E-state index in [0.29, 0.717) is 27.6 Å². The molecule has 7 heteroatoms. The first-order valence-corrected chi connectivity index (χ1v) is 10.00. The molecule has 6 atom stereocenters. The maximum absolute atomic E-state index is 12.9. The molecule has 1 aromatic rings. The van der Waals surface area contributed by atoms with Gasteiger partial charge >= 0.3 is 0 Å². The van der Waals surface area contributed by atoms with Gasteiger partial charge in [-0.2, -0.15) is 0 Å². The first-order valence-electron chi connectivity index (χ1n) is 9.24. The van der Waals surface area contributed by atoms with Crippen LogP contribution in [0.15, 0.2) is 30.4 Å². The van der Waals surface area contributed by atoms with Crippen molar-refractivity contribution in [2.75, 3.05) is 11.9 Å². The number of imide groups is 1. The van der Waals surface area contributed by atoms with E-state index in [-0.39, 0.29) is 54.4 Å². The van der Waals surface area contributed by atoms with Crippen LogP contribution < -0.4 is 5.32 Å². The molecule has 2 saturated carbocycles. The highest BCUT2D eigenvalue weighted by Gasteiger charge is 2.66. The van der Waals surface area contributed by atoms with Gasteiger partial charge in [0.1, 0.15) is 0 Å². The van der Waals surface area contributed by atoms with E-state index in [9.17, 15) is 14.4 Å². The van der Waals surface area contributed by atoms with Crippen molar-refractivity contribution < 1.29 is 14.4 Å². The van der Waals surface area contributed by atoms with Gasteiger partial charge in [-0.25, -0.2) is 0 Å². The Balaban J connectivity index is 1.25. The molecular weight excluding hydrogens is 387 g/mol. The van der Waals surface area contributed by atoms with Crippen LogP contribution in [0.4, 0.5) is 5.69 Å². The molecule has 1 heterocycles. The fraction of sp³-hybridized carbons (Fsp3) is 0.450. The highest BCUT2D eigenvalue weighted by atomic mass is 35.5. The molecule has 6 rings (SSSR count). The maximum Gasteiger partial charge on any atom is 0.233 e. The van der Waals surface area contributed by atoms with Crippen molar-refractivity contribution >= 4 is 46.6 Å². The molecule has 1 aromatic carbocycles. The smallest absolute Gasteiger partial charge is 0.233 e. The number of allylic oxidation sites excluding steroid dienone is 2. The molecule has 1 saturated heterocycles. The van der Waals surface area contributed by atoms with Crippen LogP contribution in [0, 0.1) is 35.5 Å². The van der Waals surface area contributed by atoms with Crippen molar-refractivity contribution in [2.45, 2.75) is 12.8 Å². The SMILES string of the molecule is O=C(CCN1C(=O)[C@@H]2[C@@H]3C=C[C@H]([C@H]4C[C@H]34)[C@@H]2C1=O)Nc1ccc(Cl)cc1Cl. The van der Waals surface area contributed by atoms with E-state index in [4.69, 9.17) is 23.2 Å². The zero-order valence-electron chi connectivity index (χ0n) is 14.4. The third kappa shape index (κ3) is 2.63. The fourth-order valence-electron chi connectivity index (χ4n) is 5.26. The van der Waals surface area contributed by atoms with Gasteiger partial charge in [0.05, 0.1) is 22.5 Å². The average Bonchev–Trinajstić information content (AvgIpc) is 3.41. The number of benzene rings is 1. The van der Waals surface area contributed by atoms with E-state index >= 15 is 0 Å². The fourth-order valence-corrected chi connectivity index (χ4v) is 5.71. The molecule has 0 unspecified atom stereocenters. The maximum atomic E-state index is 12.9. The van der Waals surface area contributed by atoms with Crippen LogP contribution in [0.25, 0.3) is 0 Å². The summed E-state index contributed by atoms with van der Waals surface area (Å²) in [6, 6.07) is 4.80. The number of amides is 3. The lowest BCUT2D eigenvalue weighted by Crippen LogP contribution is -2.40. The molecule has 0 aromatic heterocycles. The Morgan fingerprint density at radius 1 is 1.07 bits per heavy atom. The summed E-state index contributed by atoms with van der Waals surface area (Å²) in [5, 5.41) is 3.53. The number of anilines is 1. The Bertz CT molecular complexity index is 863. The Morgan fingerprint density at radius 3 is 2.30 bits per heavy atom. The minimum absolute atomic E-state index is 0.0471. The van der Waals surface area contributed by atoms with Crippen LogP contribution >= 0.6 is 23.2 Å². The molecule has 4 aliphatic carbocycles. The lowest BCUT2D eigenvalue weighted by atomic mass is 9.63. The number of carbonyl (C=O) groups excluding carboxylic acids is 3. The second-order valence-corrected chi connectivity index (χ2v) is 8.75. The molecule has 5 aliphatic rings. The van der Waals surface area contributed by atoms with Crippen molar-refractivity contribution in [2.24, 2.45) is 35.5 Å². The second kappa shape index (κ2) is 6.08. The third-order valence-electron chi connectivity index (χ3n) is 6.52. The Morgan fingerprint density at radius 2 is 1.70 bits per heavy atom. The molecule has 0 radical (unpaired) electrons. The quantitative estimate of drug-likeness (QED) is 0.617. The molecule has 1 N–H and O–H groups in total. The number of halogens is 2. The molecule has 27 heavy (non-hydrogen) atoms. The molecular formula is C20H18Cl2N2O3. The number of hydrogen-bond acceptors (Lipinski definition) is 3. The Hall–Kier alpha value is -1.85. The van der Waals surface area contributed by atoms with Crippen LogP contribution in [0.1, 0.15) is 12.8 Å². The van der Waals surface area contributed by atoms with E-state index < -0.39 is 0 Å². The van der Waals surface area contributed by atoms with Crippen molar-refractivity contribution in [1.29, 1.82) is 0 Å². The highest BCUT2D eigenvalue weighted by Crippen LogP contribution is 2.65. The minimum atomic E-state index is -0.293. The summed E-state index contributed by atoms with van der Waals surface area (Å²) in [5.41, 5.74) is 0.459. The largest absolute Gasteiger partial charge is 0.325 e. The number of rotatable bonds is 4. The number of nitrogens with zero attached hydrogens (tertiary/aromatic N) is 1. The van der Waals surface area contributed by atoms with E-state index in [2.05, 4.69) is 17.5 Å². The summed E-state index contributed by atoms with van der Waals surface area (Å²) >= 11 is 11.9. The summed E-state index contributed by atoms with van der Waals surface area (Å²) in [6.07, 6.45) is 5.47. The molecule has 2 bridgehead atoms. The average molecular weight is 405 g/mol. The van der Waals surface area contributed by atoms with E-state index in [0.717, 1.165) is 6.42 Å².